The molecule has 0 bridgehead atoms. The summed E-state index contributed by atoms with van der Waals surface area (Å²) in [6.45, 7) is 0.654. The van der Waals surface area contributed by atoms with Gasteiger partial charge in [-0.05, 0) is 29.8 Å². The Morgan fingerprint density at radius 3 is 2.78 bits per heavy atom. The van der Waals surface area contributed by atoms with E-state index in [0.29, 0.717) is 12.4 Å². The Morgan fingerprint density at radius 2 is 2.17 bits per heavy atom. The minimum Gasteiger partial charge on any atom is -0.370 e. The number of pyridine rings is 1. The molecule has 0 spiro atoms. The van der Waals surface area contributed by atoms with E-state index < -0.39 is 0 Å². The molecule has 2 rings (SSSR count). The van der Waals surface area contributed by atoms with E-state index in [1.807, 2.05) is 24.1 Å². The van der Waals surface area contributed by atoms with Gasteiger partial charge in [-0.25, -0.2) is 15.2 Å². The third-order valence-corrected chi connectivity index (χ3v) is 2.64. The Kier molecular flexibility index (Phi) is 3.74. The average Bonchev–Trinajstić information content (AvgIpc) is 2.39. The van der Waals surface area contributed by atoms with Gasteiger partial charge in [-0.2, -0.15) is 0 Å². The van der Waals surface area contributed by atoms with E-state index in [4.69, 9.17) is 5.84 Å². The molecule has 3 N–H and O–H groups in total. The van der Waals surface area contributed by atoms with Gasteiger partial charge in [-0.1, -0.05) is 12.1 Å². The molecule has 0 aliphatic carbocycles. The van der Waals surface area contributed by atoms with Crippen LogP contribution in [-0.2, 0) is 6.54 Å². The first-order chi connectivity index (χ1) is 8.69. The molecule has 94 valence electrons. The molecule has 0 radical (unpaired) electrons. The van der Waals surface area contributed by atoms with E-state index >= 15 is 0 Å². The maximum atomic E-state index is 13.1. The van der Waals surface area contributed by atoms with Crippen LogP contribution in [0.2, 0.25) is 0 Å². The number of benzene rings is 1. The first-order valence-electron chi connectivity index (χ1n) is 5.57. The normalized spacial score (nSPS) is 10.2. The standard InChI is InChI=1S/C13H15FN4/c1-18(12-4-2-3-11(14)7-12)9-10-5-6-13(17-15)16-8-10/h2-8H,9,15H2,1H3,(H,16,17). The molecule has 1 aromatic carbocycles. The predicted octanol–water partition coefficient (Wildman–Crippen LogP) is 2.14. The SMILES string of the molecule is CN(Cc1ccc(NN)nc1)c1cccc(F)c1. The molecule has 1 aromatic heterocycles. The summed E-state index contributed by atoms with van der Waals surface area (Å²) in [6, 6.07) is 10.2. The zero-order valence-corrected chi connectivity index (χ0v) is 10.1. The summed E-state index contributed by atoms with van der Waals surface area (Å²) < 4.78 is 13.1. The Labute approximate surface area is 105 Å². The van der Waals surface area contributed by atoms with Gasteiger partial charge in [0.15, 0.2) is 0 Å². The predicted molar refractivity (Wildman–Crippen MR) is 70.6 cm³/mol. The number of halogens is 1. The highest BCUT2D eigenvalue weighted by Gasteiger charge is 2.03. The summed E-state index contributed by atoms with van der Waals surface area (Å²) in [4.78, 5) is 6.08. The second-order valence-corrected chi connectivity index (χ2v) is 4.03. The number of hydrogen-bond donors (Lipinski definition) is 2. The van der Waals surface area contributed by atoms with Crippen molar-refractivity contribution in [2.75, 3.05) is 17.4 Å². The maximum absolute atomic E-state index is 13.1. The van der Waals surface area contributed by atoms with Crippen LogP contribution in [0.4, 0.5) is 15.9 Å². The third kappa shape index (κ3) is 2.95. The summed E-state index contributed by atoms with van der Waals surface area (Å²) in [6.07, 6.45) is 1.74. The minimum atomic E-state index is -0.236. The molecule has 0 saturated carbocycles. The lowest BCUT2D eigenvalue weighted by atomic mass is 10.2. The van der Waals surface area contributed by atoms with Gasteiger partial charge < -0.3 is 10.3 Å². The van der Waals surface area contributed by atoms with Crippen LogP contribution in [0.5, 0.6) is 0 Å². The number of hydrogen-bond acceptors (Lipinski definition) is 4. The van der Waals surface area contributed by atoms with Gasteiger partial charge in [-0.3, -0.25) is 0 Å². The fraction of sp³-hybridized carbons (Fsp3) is 0.154. The van der Waals surface area contributed by atoms with Crippen molar-refractivity contribution < 1.29 is 4.39 Å². The highest BCUT2D eigenvalue weighted by atomic mass is 19.1. The minimum absolute atomic E-state index is 0.236. The largest absolute Gasteiger partial charge is 0.370 e. The van der Waals surface area contributed by atoms with Crippen molar-refractivity contribution in [2.45, 2.75) is 6.54 Å². The molecule has 0 amide bonds. The number of anilines is 2. The van der Waals surface area contributed by atoms with Gasteiger partial charge in [0.2, 0.25) is 0 Å². The van der Waals surface area contributed by atoms with E-state index in [-0.39, 0.29) is 5.82 Å². The highest BCUT2D eigenvalue weighted by Crippen LogP contribution is 2.16. The molecule has 18 heavy (non-hydrogen) atoms. The Morgan fingerprint density at radius 1 is 1.33 bits per heavy atom. The Hall–Kier alpha value is -2.14. The zero-order chi connectivity index (χ0) is 13.0. The van der Waals surface area contributed by atoms with Gasteiger partial charge in [0.05, 0.1) is 0 Å². The molecule has 4 nitrogen and oxygen atoms in total. The van der Waals surface area contributed by atoms with Gasteiger partial charge in [0.25, 0.3) is 0 Å². The Balaban J connectivity index is 2.08. The topological polar surface area (TPSA) is 54.2 Å². The van der Waals surface area contributed by atoms with Gasteiger partial charge >= 0.3 is 0 Å². The maximum Gasteiger partial charge on any atom is 0.139 e. The summed E-state index contributed by atoms with van der Waals surface area (Å²) in [7, 11) is 1.91. The van der Waals surface area contributed by atoms with Crippen LogP contribution in [0.15, 0.2) is 42.6 Å². The fourth-order valence-corrected chi connectivity index (χ4v) is 1.68. The van der Waals surface area contributed by atoms with Crippen LogP contribution >= 0.6 is 0 Å². The summed E-state index contributed by atoms with van der Waals surface area (Å²) in [5, 5.41) is 0. The van der Waals surface area contributed by atoms with Gasteiger partial charge in [0.1, 0.15) is 11.6 Å². The molecule has 5 heteroatoms. The lowest BCUT2D eigenvalue weighted by Gasteiger charge is -2.19. The third-order valence-electron chi connectivity index (χ3n) is 2.64. The van der Waals surface area contributed by atoms with Crippen LogP contribution in [-0.4, -0.2) is 12.0 Å². The zero-order valence-electron chi connectivity index (χ0n) is 10.1. The molecule has 0 saturated heterocycles. The molecule has 1 heterocycles. The second kappa shape index (κ2) is 5.46. The van der Waals surface area contributed by atoms with Crippen LogP contribution < -0.4 is 16.2 Å². The lowest BCUT2D eigenvalue weighted by Crippen LogP contribution is -2.17. The van der Waals surface area contributed by atoms with Gasteiger partial charge in [-0.15, -0.1) is 0 Å². The number of aromatic nitrogens is 1. The molecule has 0 aliphatic heterocycles. The monoisotopic (exact) mass is 246 g/mol. The molecule has 0 atom stereocenters. The van der Waals surface area contributed by atoms with Crippen molar-refractivity contribution in [3.8, 4) is 0 Å². The van der Waals surface area contributed by atoms with Crippen LogP contribution in [0.3, 0.4) is 0 Å². The molecular weight excluding hydrogens is 231 g/mol. The molecule has 0 unspecified atom stereocenters. The van der Waals surface area contributed by atoms with E-state index in [9.17, 15) is 4.39 Å². The Bertz CT molecular complexity index is 513. The first kappa shape index (κ1) is 12.3. The van der Waals surface area contributed by atoms with Crippen molar-refractivity contribution in [2.24, 2.45) is 5.84 Å². The summed E-state index contributed by atoms with van der Waals surface area (Å²) in [5.74, 6) is 5.63. The average molecular weight is 246 g/mol. The fourth-order valence-electron chi connectivity index (χ4n) is 1.68. The van der Waals surface area contributed by atoms with Crippen LogP contribution in [0.25, 0.3) is 0 Å². The molecular formula is C13H15FN4. The van der Waals surface area contributed by atoms with Crippen molar-refractivity contribution >= 4 is 11.5 Å². The smallest absolute Gasteiger partial charge is 0.139 e. The van der Waals surface area contributed by atoms with E-state index in [1.165, 1.54) is 12.1 Å². The number of nitrogens with one attached hydrogen (secondary N) is 1. The summed E-state index contributed by atoms with van der Waals surface area (Å²) >= 11 is 0. The van der Waals surface area contributed by atoms with E-state index in [1.54, 1.807) is 18.3 Å². The quantitative estimate of drug-likeness (QED) is 0.641. The number of nitrogens with two attached hydrogens (primary N) is 1. The van der Waals surface area contributed by atoms with Crippen molar-refractivity contribution in [1.82, 2.24) is 4.98 Å². The van der Waals surface area contributed by atoms with Crippen LogP contribution in [0.1, 0.15) is 5.56 Å². The van der Waals surface area contributed by atoms with Crippen molar-refractivity contribution in [1.29, 1.82) is 0 Å². The van der Waals surface area contributed by atoms with Crippen molar-refractivity contribution in [3.63, 3.8) is 0 Å². The number of nitrogens with zero attached hydrogens (tertiary/aromatic N) is 2. The lowest BCUT2D eigenvalue weighted by molar-refractivity contribution is 0.627. The summed E-state index contributed by atoms with van der Waals surface area (Å²) in [5.41, 5.74) is 4.33. The highest BCUT2D eigenvalue weighted by molar-refractivity contribution is 5.46. The number of nitrogen functional groups attached to an aromatic ring is 1. The molecule has 0 aliphatic rings. The molecule has 2 aromatic rings. The first-order valence-corrected chi connectivity index (χ1v) is 5.57. The van der Waals surface area contributed by atoms with E-state index in [2.05, 4.69) is 10.4 Å². The second-order valence-electron chi connectivity index (χ2n) is 4.03. The number of hydrazine groups is 1. The van der Waals surface area contributed by atoms with E-state index in [0.717, 1.165) is 11.3 Å². The number of rotatable bonds is 4. The molecule has 0 fully saturated rings. The van der Waals surface area contributed by atoms with Crippen molar-refractivity contribution in [3.05, 3.63) is 54.0 Å². The van der Waals surface area contributed by atoms with Crippen LogP contribution in [0, 0.1) is 5.82 Å². The van der Waals surface area contributed by atoms with Gasteiger partial charge in [0, 0.05) is 25.5 Å².